The van der Waals surface area contributed by atoms with Gasteiger partial charge < -0.3 is 8.92 Å². The zero-order valence-electron chi connectivity index (χ0n) is 9.71. The minimum atomic E-state index is -4.02. The number of carbonyl (C=O) groups is 1. The van der Waals surface area contributed by atoms with Crippen molar-refractivity contribution in [2.45, 2.75) is 11.8 Å². The molecule has 0 unspecified atom stereocenters. The maximum atomic E-state index is 11.9. The largest absolute Gasteiger partial charge is 0.463 e. The number of rotatable bonds is 4. The summed E-state index contributed by atoms with van der Waals surface area (Å²) in [6.07, 6.45) is 0. The average Bonchev–Trinajstić information content (AvgIpc) is 2.35. The Morgan fingerprint density at radius 2 is 1.83 bits per heavy atom. The van der Waals surface area contributed by atoms with Crippen LogP contribution in [0.25, 0.3) is 0 Å². The highest BCUT2D eigenvalue weighted by molar-refractivity contribution is 14.1. The van der Waals surface area contributed by atoms with Gasteiger partial charge in [-0.2, -0.15) is 8.42 Å². The molecule has 0 aliphatic rings. The first-order chi connectivity index (χ1) is 8.40. The van der Waals surface area contributed by atoms with Crippen LogP contribution in [0.4, 0.5) is 0 Å². The Morgan fingerprint density at radius 3 is 2.28 bits per heavy atom. The summed E-state index contributed by atoms with van der Waals surface area (Å²) >= 11 is 1.70. The van der Waals surface area contributed by atoms with Gasteiger partial charge in [-0.3, -0.25) is 0 Å². The molecular formula is C11H11IO5S. The molecule has 0 saturated heterocycles. The minimum absolute atomic E-state index is 0.0206. The summed E-state index contributed by atoms with van der Waals surface area (Å²) < 4.78 is 34.0. The van der Waals surface area contributed by atoms with Crippen LogP contribution >= 0.6 is 22.6 Å². The van der Waals surface area contributed by atoms with Gasteiger partial charge in [0.1, 0.15) is 4.90 Å². The second-order valence-corrected chi connectivity index (χ2v) is 5.48. The third kappa shape index (κ3) is 3.70. The van der Waals surface area contributed by atoms with Crippen LogP contribution in [-0.4, -0.2) is 21.5 Å². The molecule has 1 rings (SSSR count). The predicted octanol–water partition coefficient (Wildman–Crippen LogP) is 2.15. The summed E-state index contributed by atoms with van der Waals surface area (Å²) in [5.41, 5.74) is 0.923. The van der Waals surface area contributed by atoms with Crippen molar-refractivity contribution >= 4 is 38.7 Å². The lowest BCUT2D eigenvalue weighted by molar-refractivity contribution is -0.138. The third-order valence-corrected chi connectivity index (χ3v) is 3.81. The van der Waals surface area contributed by atoms with Crippen LogP contribution in [-0.2, 0) is 23.8 Å². The fraction of sp³-hybridized carbons (Fsp3) is 0.182. The summed E-state index contributed by atoms with van der Waals surface area (Å²) in [4.78, 5) is 11.2. The normalized spacial score (nSPS) is 12.1. The van der Waals surface area contributed by atoms with E-state index in [1.807, 2.05) is 6.92 Å². The predicted molar refractivity (Wildman–Crippen MR) is 73.6 cm³/mol. The molecule has 0 aliphatic heterocycles. The van der Waals surface area contributed by atoms with E-state index in [4.69, 9.17) is 4.18 Å². The van der Waals surface area contributed by atoms with Gasteiger partial charge in [0.05, 0.1) is 7.11 Å². The second-order valence-electron chi connectivity index (χ2n) is 3.32. The lowest BCUT2D eigenvalue weighted by Gasteiger charge is -2.08. The molecule has 18 heavy (non-hydrogen) atoms. The quantitative estimate of drug-likeness (QED) is 0.263. The van der Waals surface area contributed by atoms with E-state index in [1.54, 1.807) is 34.7 Å². The highest BCUT2D eigenvalue weighted by atomic mass is 127. The Kier molecular flexibility index (Phi) is 5.15. The maximum Gasteiger partial charge on any atom is 0.375 e. The summed E-state index contributed by atoms with van der Waals surface area (Å²) in [7, 11) is -2.87. The topological polar surface area (TPSA) is 69.7 Å². The summed E-state index contributed by atoms with van der Waals surface area (Å²) in [6, 6.07) is 6.10. The zero-order chi connectivity index (χ0) is 13.8. The van der Waals surface area contributed by atoms with Crippen LogP contribution in [0.15, 0.2) is 39.0 Å². The van der Waals surface area contributed by atoms with E-state index in [1.165, 1.54) is 16.2 Å². The number of benzene rings is 1. The van der Waals surface area contributed by atoms with E-state index >= 15 is 0 Å². The molecule has 0 amide bonds. The van der Waals surface area contributed by atoms with Crippen molar-refractivity contribution in [3.05, 3.63) is 39.7 Å². The van der Waals surface area contributed by atoms with E-state index in [-0.39, 0.29) is 10.7 Å². The summed E-state index contributed by atoms with van der Waals surface area (Å²) in [5.74, 6) is -1.22. The first-order valence-corrected chi connectivity index (χ1v) is 7.46. The van der Waals surface area contributed by atoms with Crippen LogP contribution in [0.2, 0.25) is 0 Å². The van der Waals surface area contributed by atoms with Crippen LogP contribution in [0.5, 0.6) is 0 Å². The van der Waals surface area contributed by atoms with Gasteiger partial charge >= 0.3 is 16.1 Å². The van der Waals surface area contributed by atoms with Crippen LogP contribution in [0, 0.1) is 6.92 Å². The Bertz CT molecular complexity index is 560. The molecule has 0 spiro atoms. The lowest BCUT2D eigenvalue weighted by Crippen LogP contribution is -2.13. The Morgan fingerprint density at radius 1 is 1.28 bits per heavy atom. The number of halogens is 1. The second kappa shape index (κ2) is 6.19. The minimum Gasteiger partial charge on any atom is -0.463 e. The molecule has 0 bridgehead atoms. The molecule has 0 radical (unpaired) electrons. The highest BCUT2D eigenvalue weighted by Crippen LogP contribution is 2.18. The molecule has 7 heteroatoms. The Hall–Kier alpha value is -1.09. The molecule has 0 aromatic heterocycles. The van der Waals surface area contributed by atoms with Crippen LogP contribution < -0.4 is 0 Å². The molecule has 98 valence electrons. The first kappa shape index (κ1) is 15.0. The van der Waals surface area contributed by atoms with Gasteiger partial charge in [-0.15, -0.1) is 0 Å². The van der Waals surface area contributed by atoms with Gasteiger partial charge in [-0.25, -0.2) is 4.79 Å². The van der Waals surface area contributed by atoms with Crippen LogP contribution in [0.1, 0.15) is 5.56 Å². The standard InChI is InChI=1S/C11H11IO5S/c1-8-3-5-9(6-4-8)18(14,15)17-10(7-12)11(13)16-2/h3-7H,1-2H3/b10-7+. The number of ether oxygens (including phenoxy) is 1. The molecule has 0 N–H and O–H groups in total. The molecule has 1 aromatic rings. The highest BCUT2D eigenvalue weighted by Gasteiger charge is 2.22. The van der Waals surface area contributed by atoms with E-state index < -0.39 is 16.1 Å². The van der Waals surface area contributed by atoms with Crippen LogP contribution in [0.3, 0.4) is 0 Å². The summed E-state index contributed by atoms with van der Waals surface area (Å²) in [5, 5.41) is 0. The monoisotopic (exact) mass is 382 g/mol. The fourth-order valence-corrected chi connectivity index (χ4v) is 2.54. The third-order valence-electron chi connectivity index (χ3n) is 1.99. The van der Waals surface area contributed by atoms with Crippen molar-refractivity contribution in [2.75, 3.05) is 7.11 Å². The molecule has 0 fully saturated rings. The molecule has 5 nitrogen and oxygen atoms in total. The molecular weight excluding hydrogens is 371 g/mol. The number of hydrogen-bond acceptors (Lipinski definition) is 5. The smallest absolute Gasteiger partial charge is 0.375 e. The van der Waals surface area contributed by atoms with Gasteiger partial charge in [0.25, 0.3) is 0 Å². The zero-order valence-corrected chi connectivity index (χ0v) is 12.7. The molecule has 0 atom stereocenters. The van der Waals surface area contributed by atoms with E-state index in [0.717, 1.165) is 12.7 Å². The maximum absolute atomic E-state index is 11.9. The lowest BCUT2D eigenvalue weighted by atomic mass is 10.2. The molecule has 0 heterocycles. The fourth-order valence-electron chi connectivity index (χ4n) is 1.07. The number of methoxy groups -OCH3 is 1. The van der Waals surface area contributed by atoms with Crippen molar-refractivity contribution in [3.63, 3.8) is 0 Å². The Balaban J connectivity index is 3.02. The van der Waals surface area contributed by atoms with Gasteiger partial charge in [0, 0.05) is 4.08 Å². The average molecular weight is 382 g/mol. The number of esters is 1. The van der Waals surface area contributed by atoms with E-state index in [2.05, 4.69) is 4.74 Å². The van der Waals surface area contributed by atoms with Crippen molar-refractivity contribution in [1.29, 1.82) is 0 Å². The SMILES string of the molecule is COC(=O)/C(=C\I)OS(=O)(=O)c1ccc(C)cc1. The number of carbonyl (C=O) groups excluding carboxylic acids is 1. The van der Waals surface area contributed by atoms with E-state index in [0.29, 0.717) is 0 Å². The van der Waals surface area contributed by atoms with Gasteiger partial charge in [-0.1, -0.05) is 17.7 Å². The van der Waals surface area contributed by atoms with Crippen molar-refractivity contribution < 1.29 is 22.1 Å². The van der Waals surface area contributed by atoms with Crippen molar-refractivity contribution in [1.82, 2.24) is 0 Å². The molecule has 0 saturated carbocycles. The molecule has 0 aliphatic carbocycles. The first-order valence-electron chi connectivity index (χ1n) is 4.80. The van der Waals surface area contributed by atoms with Gasteiger partial charge in [0.2, 0.25) is 5.76 Å². The number of aryl methyl sites for hydroxylation is 1. The van der Waals surface area contributed by atoms with Gasteiger partial charge in [-0.05, 0) is 41.6 Å². The van der Waals surface area contributed by atoms with E-state index in [9.17, 15) is 13.2 Å². The van der Waals surface area contributed by atoms with Crippen molar-refractivity contribution in [2.24, 2.45) is 0 Å². The summed E-state index contributed by atoms with van der Waals surface area (Å²) in [6.45, 7) is 1.84. The number of hydrogen-bond donors (Lipinski definition) is 0. The van der Waals surface area contributed by atoms with Gasteiger partial charge in [0.15, 0.2) is 0 Å². The van der Waals surface area contributed by atoms with Crippen molar-refractivity contribution in [3.8, 4) is 0 Å². The Labute approximate surface area is 119 Å². The molecule has 1 aromatic carbocycles.